The van der Waals surface area contributed by atoms with Crippen molar-refractivity contribution in [3.8, 4) is 0 Å². The molecule has 0 aliphatic rings. The number of amides is 2. The summed E-state index contributed by atoms with van der Waals surface area (Å²) in [6, 6.07) is 18.3. The molecule has 38 heavy (non-hydrogen) atoms. The molecule has 3 aromatic carbocycles. The maximum absolute atomic E-state index is 14.7. The molecule has 0 fully saturated rings. The fourth-order valence-corrected chi connectivity index (χ4v) is 5.24. The van der Waals surface area contributed by atoms with Crippen LogP contribution in [0.25, 0.3) is 0 Å². The highest BCUT2D eigenvalue weighted by atomic mass is 35.5. The summed E-state index contributed by atoms with van der Waals surface area (Å²) in [5.74, 6) is -1.73. The zero-order chi connectivity index (χ0) is 27.9. The number of carbonyl (C=O) groups excluding carboxylic acids is 2. The lowest BCUT2D eigenvalue weighted by Crippen LogP contribution is -2.53. The molecule has 0 bridgehead atoms. The second kappa shape index (κ2) is 13.1. The van der Waals surface area contributed by atoms with Crippen LogP contribution in [0.2, 0.25) is 10.0 Å². The van der Waals surface area contributed by atoms with Crippen LogP contribution in [-0.2, 0) is 32.6 Å². The van der Waals surface area contributed by atoms with E-state index in [1.54, 1.807) is 25.1 Å². The van der Waals surface area contributed by atoms with Crippen molar-refractivity contribution in [3.05, 3.63) is 99.8 Å². The number of carbonyl (C=O) groups is 2. The van der Waals surface area contributed by atoms with Crippen molar-refractivity contribution in [3.63, 3.8) is 0 Å². The minimum Gasteiger partial charge on any atom is -0.355 e. The van der Waals surface area contributed by atoms with Gasteiger partial charge >= 0.3 is 0 Å². The van der Waals surface area contributed by atoms with Gasteiger partial charge in [0.15, 0.2) is 0 Å². The third-order valence-corrected chi connectivity index (χ3v) is 7.74. The van der Waals surface area contributed by atoms with Gasteiger partial charge in [-0.05, 0) is 30.7 Å². The minimum absolute atomic E-state index is 0.0125. The Balaban J connectivity index is 2.08. The molecule has 0 heterocycles. The van der Waals surface area contributed by atoms with Crippen LogP contribution in [0.1, 0.15) is 18.1 Å². The highest BCUT2D eigenvalue weighted by Gasteiger charge is 2.33. The monoisotopic (exact) mass is 579 g/mol. The molecule has 202 valence electrons. The van der Waals surface area contributed by atoms with Gasteiger partial charge in [0.1, 0.15) is 18.4 Å². The Labute approximate surface area is 232 Å². The molecule has 1 N–H and O–H groups in total. The molecule has 7 nitrogen and oxygen atoms in total. The lowest BCUT2D eigenvalue weighted by Gasteiger charge is -2.33. The van der Waals surface area contributed by atoms with E-state index in [-0.39, 0.29) is 34.3 Å². The zero-order valence-corrected chi connectivity index (χ0v) is 23.2. The molecule has 0 aliphatic heterocycles. The van der Waals surface area contributed by atoms with Gasteiger partial charge in [-0.25, -0.2) is 12.8 Å². The first-order chi connectivity index (χ1) is 18.0. The number of benzene rings is 3. The van der Waals surface area contributed by atoms with Gasteiger partial charge < -0.3 is 10.2 Å². The number of nitrogens with one attached hydrogen (secondary N) is 1. The molecular formula is C27H28Cl2FN3O4S. The van der Waals surface area contributed by atoms with E-state index >= 15 is 0 Å². The third-order valence-electron chi connectivity index (χ3n) is 5.80. The number of sulfonamides is 1. The molecule has 0 spiro atoms. The van der Waals surface area contributed by atoms with Gasteiger partial charge in [-0.2, -0.15) is 0 Å². The number of halogens is 3. The van der Waals surface area contributed by atoms with Gasteiger partial charge in [-0.1, -0.05) is 77.8 Å². The summed E-state index contributed by atoms with van der Waals surface area (Å²) in [7, 11) is -4.01. The maximum atomic E-state index is 14.7. The molecule has 1 atom stereocenters. The summed E-state index contributed by atoms with van der Waals surface area (Å²) in [6.45, 7) is 1.10. The number of nitrogens with zero attached hydrogens (tertiary/aromatic N) is 2. The van der Waals surface area contributed by atoms with E-state index in [9.17, 15) is 22.4 Å². The van der Waals surface area contributed by atoms with Crippen molar-refractivity contribution < 1.29 is 22.4 Å². The summed E-state index contributed by atoms with van der Waals surface area (Å²) in [4.78, 5) is 28.3. The Hall–Kier alpha value is -3.14. The fourth-order valence-electron chi connectivity index (χ4n) is 3.94. The van der Waals surface area contributed by atoms with Crippen molar-refractivity contribution in [1.29, 1.82) is 0 Å². The van der Waals surface area contributed by atoms with E-state index in [1.165, 1.54) is 41.3 Å². The summed E-state index contributed by atoms with van der Waals surface area (Å²) in [6.07, 6.45) is 1.06. The molecule has 0 saturated carbocycles. The Morgan fingerprint density at radius 2 is 1.63 bits per heavy atom. The van der Waals surface area contributed by atoms with Gasteiger partial charge in [-0.3, -0.25) is 13.9 Å². The first-order valence-electron chi connectivity index (χ1n) is 11.8. The summed E-state index contributed by atoms with van der Waals surface area (Å²) in [5, 5.41) is 2.80. The van der Waals surface area contributed by atoms with E-state index in [0.29, 0.717) is 6.54 Å². The predicted octanol–water partition coefficient (Wildman–Crippen LogP) is 4.67. The molecule has 0 radical (unpaired) electrons. The largest absolute Gasteiger partial charge is 0.355 e. The summed E-state index contributed by atoms with van der Waals surface area (Å²) in [5.41, 5.74) is 0.960. The average Bonchev–Trinajstić information content (AvgIpc) is 2.87. The van der Waals surface area contributed by atoms with Crippen LogP contribution in [-0.4, -0.2) is 50.5 Å². The molecule has 0 saturated heterocycles. The third kappa shape index (κ3) is 7.46. The molecule has 0 aromatic heterocycles. The fraction of sp³-hybridized carbons (Fsp3) is 0.259. The van der Waals surface area contributed by atoms with Crippen molar-refractivity contribution in [1.82, 2.24) is 10.2 Å². The number of anilines is 1. The van der Waals surface area contributed by atoms with E-state index in [1.807, 2.05) is 18.2 Å². The van der Waals surface area contributed by atoms with Gasteiger partial charge in [0.25, 0.3) is 0 Å². The zero-order valence-electron chi connectivity index (χ0n) is 20.9. The lowest BCUT2D eigenvalue weighted by molar-refractivity contribution is -0.140. The van der Waals surface area contributed by atoms with Crippen LogP contribution in [0.3, 0.4) is 0 Å². The van der Waals surface area contributed by atoms with Crippen LogP contribution in [0, 0.1) is 5.82 Å². The molecule has 0 aliphatic carbocycles. The van der Waals surface area contributed by atoms with Crippen LogP contribution in [0.4, 0.5) is 10.1 Å². The molecule has 3 aromatic rings. The summed E-state index contributed by atoms with van der Waals surface area (Å²) >= 11 is 12.4. The summed E-state index contributed by atoms with van der Waals surface area (Å²) < 4.78 is 41.1. The second-order valence-electron chi connectivity index (χ2n) is 8.56. The first kappa shape index (κ1) is 29.4. The van der Waals surface area contributed by atoms with Crippen LogP contribution < -0.4 is 9.62 Å². The van der Waals surface area contributed by atoms with Crippen molar-refractivity contribution in [2.24, 2.45) is 0 Å². The van der Waals surface area contributed by atoms with Crippen LogP contribution >= 0.6 is 23.2 Å². The van der Waals surface area contributed by atoms with E-state index < -0.39 is 40.2 Å². The highest BCUT2D eigenvalue weighted by molar-refractivity contribution is 7.92. The standard InChI is InChI=1S/C27H28Cl2FN3O4S/c1-3-31-27(35)24(16-19-10-5-4-6-11-19)32(17-20-12-7-8-14-22(20)30)25(34)18-33(38(2,36)37)23-15-9-13-21(28)26(23)29/h4-15,24H,3,16-18H2,1-2H3,(H,31,35)/t24-/m0/s1. The maximum Gasteiger partial charge on any atom is 0.244 e. The van der Waals surface area contributed by atoms with Crippen molar-refractivity contribution >= 4 is 50.7 Å². The number of hydrogen-bond donors (Lipinski definition) is 1. The van der Waals surface area contributed by atoms with Crippen molar-refractivity contribution in [2.75, 3.05) is 23.7 Å². The van der Waals surface area contributed by atoms with Gasteiger partial charge in [0.05, 0.1) is 22.0 Å². The normalized spacial score (nSPS) is 12.0. The van der Waals surface area contributed by atoms with Crippen LogP contribution in [0.5, 0.6) is 0 Å². The number of hydrogen-bond acceptors (Lipinski definition) is 4. The Kier molecular flexibility index (Phi) is 10.1. The quantitative estimate of drug-likeness (QED) is 0.357. The van der Waals surface area contributed by atoms with Crippen molar-refractivity contribution in [2.45, 2.75) is 25.9 Å². The molecule has 0 unspecified atom stereocenters. The Bertz CT molecular complexity index is 1390. The smallest absolute Gasteiger partial charge is 0.244 e. The molecule has 2 amide bonds. The average molecular weight is 581 g/mol. The number of rotatable bonds is 11. The van der Waals surface area contributed by atoms with E-state index in [2.05, 4.69) is 5.32 Å². The highest BCUT2D eigenvalue weighted by Crippen LogP contribution is 2.34. The molecular weight excluding hydrogens is 552 g/mol. The Morgan fingerprint density at radius 3 is 2.26 bits per heavy atom. The Morgan fingerprint density at radius 1 is 0.974 bits per heavy atom. The van der Waals surface area contributed by atoms with Gasteiger partial charge in [0, 0.05) is 25.1 Å². The second-order valence-corrected chi connectivity index (χ2v) is 11.2. The molecule has 3 rings (SSSR count). The van der Waals surface area contributed by atoms with E-state index in [4.69, 9.17) is 23.2 Å². The van der Waals surface area contributed by atoms with E-state index in [0.717, 1.165) is 16.1 Å². The number of likely N-dealkylation sites (N-methyl/N-ethyl adjacent to an activating group) is 1. The topological polar surface area (TPSA) is 86.8 Å². The lowest BCUT2D eigenvalue weighted by atomic mass is 10.0. The van der Waals surface area contributed by atoms with Gasteiger partial charge in [0.2, 0.25) is 21.8 Å². The molecule has 11 heteroatoms. The SMILES string of the molecule is CCNC(=O)[C@H](Cc1ccccc1)N(Cc1ccccc1F)C(=O)CN(c1cccc(Cl)c1Cl)S(C)(=O)=O. The van der Waals surface area contributed by atoms with Gasteiger partial charge in [-0.15, -0.1) is 0 Å². The first-order valence-corrected chi connectivity index (χ1v) is 14.4. The minimum atomic E-state index is -4.01. The predicted molar refractivity (Wildman–Crippen MR) is 148 cm³/mol. The van der Waals surface area contributed by atoms with Crippen LogP contribution in [0.15, 0.2) is 72.8 Å².